The molecule has 1 aromatic rings. The summed E-state index contributed by atoms with van der Waals surface area (Å²) in [6, 6.07) is 8.40. The van der Waals surface area contributed by atoms with Crippen LogP contribution in [0.2, 0.25) is 0 Å². The Morgan fingerprint density at radius 1 is 1.38 bits per heavy atom. The fourth-order valence-electron chi connectivity index (χ4n) is 2.28. The third-order valence-electron chi connectivity index (χ3n) is 3.31. The number of amides is 1. The molecule has 2 rings (SSSR count). The molecule has 1 N–H and O–H groups in total. The molecule has 1 amide bonds. The van der Waals surface area contributed by atoms with Crippen molar-refractivity contribution in [3.05, 3.63) is 35.9 Å². The third kappa shape index (κ3) is 2.80. The zero-order valence-electron chi connectivity index (χ0n) is 12.1. The van der Waals surface area contributed by atoms with Crippen molar-refractivity contribution in [2.75, 3.05) is 7.11 Å². The van der Waals surface area contributed by atoms with Gasteiger partial charge in [0.25, 0.3) is 11.6 Å². The van der Waals surface area contributed by atoms with Crippen LogP contribution in [0.25, 0.3) is 0 Å². The van der Waals surface area contributed by atoms with E-state index in [1.807, 2.05) is 6.92 Å². The molecule has 1 atom stereocenters. The molecule has 0 spiro atoms. The minimum absolute atomic E-state index is 0.0217. The van der Waals surface area contributed by atoms with Gasteiger partial charge in [-0.3, -0.25) is 4.79 Å². The second kappa shape index (κ2) is 6.05. The van der Waals surface area contributed by atoms with Gasteiger partial charge in [0.15, 0.2) is 0 Å². The van der Waals surface area contributed by atoms with E-state index in [0.717, 1.165) is 11.4 Å². The van der Waals surface area contributed by atoms with Gasteiger partial charge in [-0.2, -0.15) is 10.1 Å². The van der Waals surface area contributed by atoms with Gasteiger partial charge in [-0.15, -0.1) is 0 Å². The Morgan fingerprint density at radius 3 is 2.62 bits per heavy atom. The van der Waals surface area contributed by atoms with Crippen LogP contribution in [0, 0.1) is 0 Å². The van der Waals surface area contributed by atoms with Gasteiger partial charge in [-0.05, 0) is 18.6 Å². The molecule has 1 heterocycles. The first-order valence-corrected chi connectivity index (χ1v) is 6.79. The quantitative estimate of drug-likeness (QED) is 0.853. The standard InChI is InChI=1S/C15H18N2O4/c1-3-7-12-10-15(20,14(19)21-2)17(16-12)13(18)11-8-5-4-6-9-11/h4-6,8-9,20H,3,7,10H2,1-2H3. The van der Waals surface area contributed by atoms with E-state index in [0.29, 0.717) is 17.7 Å². The molecule has 21 heavy (non-hydrogen) atoms. The number of hydrogen-bond donors (Lipinski definition) is 1. The molecule has 0 saturated heterocycles. The molecule has 0 saturated carbocycles. The molecule has 1 aliphatic rings. The lowest BCUT2D eigenvalue weighted by Crippen LogP contribution is -2.52. The van der Waals surface area contributed by atoms with E-state index in [2.05, 4.69) is 9.84 Å². The zero-order valence-corrected chi connectivity index (χ0v) is 12.1. The van der Waals surface area contributed by atoms with E-state index in [9.17, 15) is 14.7 Å². The maximum atomic E-state index is 12.5. The highest BCUT2D eigenvalue weighted by atomic mass is 16.5. The molecule has 0 fully saturated rings. The Kier molecular flexibility index (Phi) is 4.37. The fourth-order valence-corrected chi connectivity index (χ4v) is 2.28. The number of methoxy groups -OCH3 is 1. The van der Waals surface area contributed by atoms with Gasteiger partial charge in [-0.25, -0.2) is 4.79 Å². The molecule has 0 radical (unpaired) electrons. The van der Waals surface area contributed by atoms with Gasteiger partial charge in [0, 0.05) is 17.7 Å². The van der Waals surface area contributed by atoms with E-state index < -0.39 is 17.6 Å². The van der Waals surface area contributed by atoms with Crippen LogP contribution < -0.4 is 0 Å². The first-order chi connectivity index (χ1) is 10.0. The number of benzene rings is 1. The smallest absolute Gasteiger partial charge is 0.361 e. The second-order valence-corrected chi connectivity index (χ2v) is 4.88. The molecule has 0 bridgehead atoms. The van der Waals surface area contributed by atoms with Crippen LogP contribution in [0.4, 0.5) is 0 Å². The summed E-state index contributed by atoms with van der Waals surface area (Å²) in [6.07, 6.45) is 1.40. The summed E-state index contributed by atoms with van der Waals surface area (Å²) >= 11 is 0. The van der Waals surface area contributed by atoms with Crippen molar-refractivity contribution in [2.45, 2.75) is 31.9 Å². The maximum absolute atomic E-state index is 12.5. The summed E-state index contributed by atoms with van der Waals surface area (Å²) in [7, 11) is 1.17. The number of carbonyl (C=O) groups excluding carboxylic acids is 2. The summed E-state index contributed by atoms with van der Waals surface area (Å²) in [4.78, 5) is 24.4. The lowest BCUT2D eigenvalue weighted by molar-refractivity contribution is -0.176. The van der Waals surface area contributed by atoms with Crippen LogP contribution in [0.1, 0.15) is 36.5 Å². The number of carbonyl (C=O) groups is 2. The van der Waals surface area contributed by atoms with E-state index in [1.54, 1.807) is 30.3 Å². The Bertz CT molecular complexity index is 570. The van der Waals surface area contributed by atoms with Crippen molar-refractivity contribution in [2.24, 2.45) is 5.10 Å². The molecule has 0 aromatic heterocycles. The fraction of sp³-hybridized carbons (Fsp3) is 0.400. The van der Waals surface area contributed by atoms with Gasteiger partial charge >= 0.3 is 5.97 Å². The summed E-state index contributed by atoms with van der Waals surface area (Å²) in [5.41, 5.74) is -1.11. The highest BCUT2D eigenvalue weighted by Crippen LogP contribution is 2.29. The molecule has 112 valence electrons. The van der Waals surface area contributed by atoms with E-state index in [4.69, 9.17) is 0 Å². The van der Waals surface area contributed by atoms with Crippen molar-refractivity contribution >= 4 is 17.6 Å². The van der Waals surface area contributed by atoms with Crippen molar-refractivity contribution in [3.63, 3.8) is 0 Å². The Hall–Kier alpha value is -2.21. The first-order valence-electron chi connectivity index (χ1n) is 6.79. The molecule has 1 aliphatic heterocycles. The molecular weight excluding hydrogens is 272 g/mol. The second-order valence-electron chi connectivity index (χ2n) is 4.88. The largest absolute Gasteiger partial charge is 0.465 e. The van der Waals surface area contributed by atoms with Crippen LogP contribution >= 0.6 is 0 Å². The summed E-state index contributed by atoms with van der Waals surface area (Å²) < 4.78 is 4.62. The SMILES string of the molecule is CCCC1=NN(C(=O)c2ccccc2)C(O)(C(=O)OC)C1. The van der Waals surface area contributed by atoms with Gasteiger partial charge in [0.05, 0.1) is 7.11 Å². The Balaban J connectivity index is 2.36. The third-order valence-corrected chi connectivity index (χ3v) is 3.31. The lowest BCUT2D eigenvalue weighted by atomic mass is 10.0. The highest BCUT2D eigenvalue weighted by molar-refractivity contribution is 6.02. The monoisotopic (exact) mass is 290 g/mol. The van der Waals surface area contributed by atoms with E-state index in [-0.39, 0.29) is 6.42 Å². The summed E-state index contributed by atoms with van der Waals surface area (Å²) in [5, 5.41) is 15.5. The minimum atomic E-state index is -2.06. The molecule has 0 aliphatic carbocycles. The molecule has 6 nitrogen and oxygen atoms in total. The first kappa shape index (κ1) is 15.2. The van der Waals surface area contributed by atoms with E-state index >= 15 is 0 Å². The predicted octanol–water partition coefficient (Wildman–Crippen LogP) is 1.55. The minimum Gasteiger partial charge on any atom is -0.465 e. The number of aliphatic hydroxyl groups is 1. The number of ether oxygens (including phenoxy) is 1. The maximum Gasteiger partial charge on any atom is 0.361 e. The number of nitrogens with zero attached hydrogens (tertiary/aromatic N) is 2. The van der Waals surface area contributed by atoms with Crippen LogP contribution in [0.5, 0.6) is 0 Å². The molecule has 6 heteroatoms. The zero-order chi connectivity index (χ0) is 15.5. The predicted molar refractivity (Wildman–Crippen MR) is 76.5 cm³/mol. The van der Waals surface area contributed by atoms with E-state index in [1.165, 1.54) is 7.11 Å². The van der Waals surface area contributed by atoms with Gasteiger partial charge in [0.1, 0.15) is 0 Å². The lowest BCUT2D eigenvalue weighted by Gasteiger charge is -2.28. The average molecular weight is 290 g/mol. The molecule has 1 aromatic carbocycles. The molecular formula is C15H18N2O4. The number of rotatable bonds is 4. The topological polar surface area (TPSA) is 79.2 Å². The van der Waals surface area contributed by atoms with Gasteiger partial charge in [-0.1, -0.05) is 31.5 Å². The van der Waals surface area contributed by atoms with Crippen LogP contribution in [0.3, 0.4) is 0 Å². The molecule has 1 unspecified atom stereocenters. The van der Waals surface area contributed by atoms with Crippen molar-refractivity contribution in [1.82, 2.24) is 5.01 Å². The number of hydrazone groups is 1. The van der Waals surface area contributed by atoms with Gasteiger partial charge in [0.2, 0.25) is 0 Å². The van der Waals surface area contributed by atoms with Crippen LogP contribution in [-0.4, -0.2) is 40.5 Å². The summed E-state index contributed by atoms with van der Waals surface area (Å²) in [6.45, 7) is 1.96. The van der Waals surface area contributed by atoms with Crippen LogP contribution in [0.15, 0.2) is 35.4 Å². The number of esters is 1. The van der Waals surface area contributed by atoms with Crippen molar-refractivity contribution < 1.29 is 19.4 Å². The van der Waals surface area contributed by atoms with Crippen molar-refractivity contribution in [1.29, 1.82) is 0 Å². The highest BCUT2D eigenvalue weighted by Gasteiger charge is 2.51. The normalized spacial score (nSPS) is 21.1. The van der Waals surface area contributed by atoms with Gasteiger partial charge < -0.3 is 9.84 Å². The average Bonchev–Trinajstić information content (AvgIpc) is 2.85. The van der Waals surface area contributed by atoms with Crippen LogP contribution in [-0.2, 0) is 9.53 Å². The Labute approximate surface area is 123 Å². The number of hydrogen-bond acceptors (Lipinski definition) is 5. The Morgan fingerprint density at radius 2 is 2.05 bits per heavy atom. The van der Waals surface area contributed by atoms with Crippen molar-refractivity contribution in [3.8, 4) is 0 Å². The summed E-state index contributed by atoms with van der Waals surface area (Å²) in [5.74, 6) is -1.42.